The van der Waals surface area contributed by atoms with Crippen molar-refractivity contribution in [3.63, 3.8) is 0 Å². The van der Waals surface area contributed by atoms with Crippen LogP contribution >= 0.6 is 0 Å². The highest BCUT2D eigenvalue weighted by Gasteiger charge is 2.24. The van der Waals surface area contributed by atoms with Crippen molar-refractivity contribution >= 4 is 39.2 Å². The predicted octanol–water partition coefficient (Wildman–Crippen LogP) is 3.25. The Morgan fingerprint density at radius 1 is 1.00 bits per heavy atom. The third kappa shape index (κ3) is 5.09. The molecule has 12 nitrogen and oxygen atoms in total. The second-order valence-electron chi connectivity index (χ2n) is 5.90. The molecular weight excluding hydrogens is 430 g/mol. The lowest BCUT2D eigenvalue weighted by Crippen LogP contribution is -2.26. The van der Waals surface area contributed by atoms with Crippen LogP contribution in [-0.2, 0) is 10.3 Å². The van der Waals surface area contributed by atoms with E-state index in [-0.39, 0.29) is 28.6 Å². The molecule has 0 saturated heterocycles. The summed E-state index contributed by atoms with van der Waals surface area (Å²) in [6.45, 7) is 0. The van der Waals surface area contributed by atoms with E-state index in [0.717, 1.165) is 6.07 Å². The number of hydrogen-bond donors (Lipinski definition) is 3. The van der Waals surface area contributed by atoms with Crippen LogP contribution in [0.4, 0.5) is 22.9 Å². The molecule has 0 bridgehead atoms. The maximum atomic E-state index is 11.9. The van der Waals surface area contributed by atoms with Crippen LogP contribution in [0.2, 0.25) is 0 Å². The molecule has 1 heterocycles. The number of aromatic carboxylic acids is 1. The quantitative estimate of drug-likeness (QED) is 0.364. The van der Waals surface area contributed by atoms with Crippen molar-refractivity contribution in [2.75, 3.05) is 11.4 Å². The summed E-state index contributed by atoms with van der Waals surface area (Å²) in [6, 6.07) is 11.9. The largest absolute Gasteiger partial charge is 0.507 e. The monoisotopic (exact) mass is 445 g/mol. The standard InChI is InChI=1S/C18H15N5O7S/c1-30-17-9-8-16(21-22-17)23(31(27,28)29)13-5-2-11(3-6-13)19-20-12-4-7-15(24)14(10-12)18(25)26/h2-10,24H,1H3,(H,25,26)(H,27,28,29). The summed E-state index contributed by atoms with van der Waals surface area (Å²) >= 11 is 0. The summed E-state index contributed by atoms with van der Waals surface area (Å²) in [4.78, 5) is 11.1. The topological polar surface area (TPSA) is 175 Å². The van der Waals surface area contributed by atoms with Gasteiger partial charge in [-0.15, -0.1) is 10.2 Å². The van der Waals surface area contributed by atoms with Crippen molar-refractivity contribution in [1.82, 2.24) is 10.2 Å². The Morgan fingerprint density at radius 2 is 1.65 bits per heavy atom. The Labute approximate surface area is 176 Å². The summed E-state index contributed by atoms with van der Waals surface area (Å²) in [5.41, 5.74) is 0.229. The lowest BCUT2D eigenvalue weighted by Gasteiger charge is -2.19. The second-order valence-corrected chi connectivity index (χ2v) is 7.16. The van der Waals surface area contributed by atoms with Crippen LogP contribution in [0.25, 0.3) is 0 Å². The fourth-order valence-corrected chi connectivity index (χ4v) is 3.16. The van der Waals surface area contributed by atoms with Crippen molar-refractivity contribution in [2.24, 2.45) is 10.2 Å². The molecule has 0 radical (unpaired) electrons. The molecule has 1 aromatic heterocycles. The second kappa shape index (κ2) is 8.73. The zero-order valence-corrected chi connectivity index (χ0v) is 16.6. The van der Waals surface area contributed by atoms with Gasteiger partial charge in [0.25, 0.3) is 0 Å². The lowest BCUT2D eigenvalue weighted by atomic mass is 10.2. The molecule has 0 unspecified atom stereocenters. The SMILES string of the molecule is COc1ccc(N(c2ccc(N=Nc3ccc(O)c(C(=O)O)c3)cc2)S(=O)(=O)O)nn1. The molecule has 3 rings (SSSR count). The van der Waals surface area contributed by atoms with Crippen molar-refractivity contribution in [3.05, 3.63) is 60.2 Å². The number of carbonyl (C=O) groups is 1. The average Bonchev–Trinajstić information content (AvgIpc) is 2.73. The summed E-state index contributed by atoms with van der Waals surface area (Å²) in [7, 11) is -3.35. The van der Waals surface area contributed by atoms with E-state index in [1.165, 1.54) is 55.6 Å². The van der Waals surface area contributed by atoms with E-state index in [1.807, 2.05) is 0 Å². The molecule has 2 aromatic carbocycles. The maximum absolute atomic E-state index is 11.9. The Balaban J connectivity index is 1.87. The van der Waals surface area contributed by atoms with Gasteiger partial charge in [-0.25, -0.2) is 4.79 Å². The van der Waals surface area contributed by atoms with Crippen LogP contribution in [0.5, 0.6) is 11.6 Å². The van der Waals surface area contributed by atoms with Gasteiger partial charge in [0.05, 0.1) is 24.2 Å². The number of rotatable bonds is 7. The summed E-state index contributed by atoms with van der Waals surface area (Å²) in [5.74, 6) is -1.72. The number of anilines is 2. The molecule has 0 saturated carbocycles. The van der Waals surface area contributed by atoms with Gasteiger partial charge in [-0.3, -0.25) is 4.55 Å². The van der Waals surface area contributed by atoms with E-state index < -0.39 is 22.0 Å². The van der Waals surface area contributed by atoms with Crippen LogP contribution in [0.3, 0.4) is 0 Å². The van der Waals surface area contributed by atoms with Gasteiger partial charge in [0, 0.05) is 6.07 Å². The number of benzene rings is 2. The number of phenols is 1. The molecule has 0 fully saturated rings. The number of ether oxygens (including phenoxy) is 1. The van der Waals surface area contributed by atoms with E-state index in [2.05, 4.69) is 20.4 Å². The molecule has 3 aromatic rings. The van der Waals surface area contributed by atoms with Crippen molar-refractivity contribution in [3.8, 4) is 11.6 Å². The Kier molecular flexibility index (Phi) is 6.08. The van der Waals surface area contributed by atoms with Gasteiger partial charge in [0.15, 0.2) is 5.82 Å². The molecular formula is C18H15N5O7S. The minimum absolute atomic E-state index is 0.0544. The molecule has 0 aliphatic carbocycles. The third-order valence-corrected chi connectivity index (χ3v) is 4.71. The number of azo groups is 1. The first-order chi connectivity index (χ1) is 14.7. The van der Waals surface area contributed by atoms with Gasteiger partial charge < -0.3 is 14.9 Å². The number of carboxylic acid groups (broad SMARTS) is 1. The Bertz CT molecular complexity index is 1230. The molecule has 160 valence electrons. The molecule has 0 aliphatic rings. The van der Waals surface area contributed by atoms with Gasteiger partial charge in [-0.05, 0) is 48.5 Å². The van der Waals surface area contributed by atoms with Gasteiger partial charge >= 0.3 is 16.3 Å². The molecule has 0 aliphatic heterocycles. The normalized spacial score (nSPS) is 11.4. The van der Waals surface area contributed by atoms with Crippen molar-refractivity contribution in [1.29, 1.82) is 0 Å². The number of hydrogen-bond acceptors (Lipinski definition) is 9. The third-order valence-electron chi connectivity index (χ3n) is 3.85. The van der Waals surface area contributed by atoms with E-state index in [4.69, 9.17) is 9.84 Å². The minimum atomic E-state index is -4.72. The first kappa shape index (κ1) is 21.6. The zero-order valence-electron chi connectivity index (χ0n) is 15.8. The van der Waals surface area contributed by atoms with Crippen LogP contribution < -0.4 is 9.04 Å². The predicted molar refractivity (Wildman–Crippen MR) is 108 cm³/mol. The highest BCUT2D eigenvalue weighted by Crippen LogP contribution is 2.30. The summed E-state index contributed by atoms with van der Waals surface area (Å²) < 4.78 is 38.8. The first-order valence-corrected chi connectivity index (χ1v) is 9.82. The van der Waals surface area contributed by atoms with E-state index in [0.29, 0.717) is 9.99 Å². The summed E-state index contributed by atoms with van der Waals surface area (Å²) in [6.07, 6.45) is 0. The Hall–Kier alpha value is -4.10. The molecule has 0 amide bonds. The zero-order chi connectivity index (χ0) is 22.6. The molecule has 3 N–H and O–H groups in total. The number of nitrogens with zero attached hydrogens (tertiary/aromatic N) is 5. The number of methoxy groups -OCH3 is 1. The fraction of sp³-hybridized carbons (Fsp3) is 0.0556. The minimum Gasteiger partial charge on any atom is -0.507 e. The number of aromatic nitrogens is 2. The highest BCUT2D eigenvalue weighted by atomic mass is 32.2. The number of carboxylic acids is 1. The summed E-state index contributed by atoms with van der Waals surface area (Å²) in [5, 5.41) is 33.8. The lowest BCUT2D eigenvalue weighted by molar-refractivity contribution is 0.0693. The van der Waals surface area contributed by atoms with E-state index in [1.54, 1.807) is 0 Å². The number of aromatic hydroxyl groups is 1. The first-order valence-electron chi connectivity index (χ1n) is 8.42. The smallest absolute Gasteiger partial charge is 0.365 e. The molecule has 13 heteroatoms. The van der Waals surface area contributed by atoms with Crippen LogP contribution in [-0.4, -0.2) is 46.5 Å². The fourth-order valence-electron chi connectivity index (χ4n) is 2.44. The molecule has 0 atom stereocenters. The van der Waals surface area contributed by atoms with Crippen LogP contribution in [0.15, 0.2) is 64.8 Å². The van der Waals surface area contributed by atoms with E-state index >= 15 is 0 Å². The maximum Gasteiger partial charge on any atom is 0.365 e. The molecule has 31 heavy (non-hydrogen) atoms. The Morgan fingerprint density at radius 3 is 2.19 bits per heavy atom. The average molecular weight is 445 g/mol. The van der Waals surface area contributed by atoms with Gasteiger partial charge in [-0.1, -0.05) is 0 Å². The van der Waals surface area contributed by atoms with Crippen LogP contribution in [0, 0.1) is 0 Å². The van der Waals surface area contributed by atoms with Crippen LogP contribution in [0.1, 0.15) is 10.4 Å². The van der Waals surface area contributed by atoms with Gasteiger partial charge in [0.1, 0.15) is 11.3 Å². The van der Waals surface area contributed by atoms with Gasteiger partial charge in [0.2, 0.25) is 5.88 Å². The highest BCUT2D eigenvalue weighted by molar-refractivity contribution is 7.87. The van der Waals surface area contributed by atoms with Gasteiger partial charge in [-0.2, -0.15) is 23.0 Å². The van der Waals surface area contributed by atoms with Crippen molar-refractivity contribution < 1.29 is 32.7 Å². The molecule has 0 spiro atoms. The van der Waals surface area contributed by atoms with E-state index in [9.17, 15) is 22.9 Å². The van der Waals surface area contributed by atoms with Crippen molar-refractivity contribution in [2.45, 2.75) is 0 Å².